The molecular weight excluding hydrogens is 386 g/mol. The number of aliphatic hydroxyl groups is 1. The van der Waals surface area contributed by atoms with Gasteiger partial charge in [-0.15, -0.1) is 0 Å². The number of hydrogen-bond donors (Lipinski definition) is 2. The smallest absolute Gasteiger partial charge is 0.343 e. The number of pyridine rings is 2. The third-order valence-corrected chi connectivity index (χ3v) is 6.27. The predicted octanol–water partition coefficient (Wildman–Crippen LogP) is 1.89. The van der Waals surface area contributed by atoms with Gasteiger partial charge in [-0.2, -0.15) is 5.90 Å². The van der Waals surface area contributed by atoms with Gasteiger partial charge in [0.2, 0.25) is 0 Å². The van der Waals surface area contributed by atoms with Crippen molar-refractivity contribution in [2.24, 2.45) is 5.90 Å². The molecule has 2 aliphatic rings. The monoisotopic (exact) mass is 407 g/mol. The number of rotatable bonds is 3. The summed E-state index contributed by atoms with van der Waals surface area (Å²) in [6.45, 7) is 3.96. The highest BCUT2D eigenvalue weighted by Crippen LogP contribution is 2.40. The minimum absolute atomic E-state index is 0.113. The van der Waals surface area contributed by atoms with Gasteiger partial charge < -0.3 is 19.2 Å². The van der Waals surface area contributed by atoms with Crippen LogP contribution in [0, 0.1) is 0 Å². The number of nitrogens with zero attached hydrogens (tertiary/aromatic N) is 2. The van der Waals surface area contributed by atoms with Gasteiger partial charge in [0, 0.05) is 16.5 Å². The average molecular weight is 407 g/mol. The van der Waals surface area contributed by atoms with Gasteiger partial charge in [0.15, 0.2) is 5.60 Å². The molecule has 1 aromatic carbocycles. The van der Waals surface area contributed by atoms with E-state index in [0.717, 1.165) is 28.5 Å². The molecule has 8 nitrogen and oxygen atoms in total. The normalized spacial score (nSPS) is 19.3. The third kappa shape index (κ3) is 2.31. The fraction of sp³-hybridized carbons (Fsp3) is 0.318. The van der Waals surface area contributed by atoms with Crippen LogP contribution < -0.4 is 16.3 Å². The molecule has 1 atom stereocenters. The van der Waals surface area contributed by atoms with Crippen LogP contribution in [-0.2, 0) is 34.7 Å². The van der Waals surface area contributed by atoms with Gasteiger partial charge in [-0.1, -0.05) is 13.8 Å². The Kier molecular flexibility index (Phi) is 4.00. The summed E-state index contributed by atoms with van der Waals surface area (Å²) in [5.74, 6) is 5.13. The van der Waals surface area contributed by atoms with Crippen LogP contribution in [0.5, 0.6) is 5.75 Å². The van der Waals surface area contributed by atoms with E-state index < -0.39 is 11.6 Å². The molecule has 0 fully saturated rings. The summed E-state index contributed by atoms with van der Waals surface area (Å²) >= 11 is 0. The van der Waals surface area contributed by atoms with E-state index in [-0.39, 0.29) is 18.6 Å². The minimum Gasteiger partial charge on any atom is -0.458 e. The third-order valence-electron chi connectivity index (χ3n) is 6.27. The number of ether oxygens (including phenoxy) is 1. The average Bonchev–Trinajstić information content (AvgIpc) is 3.13. The van der Waals surface area contributed by atoms with E-state index in [2.05, 4.69) is 0 Å². The minimum atomic E-state index is -1.83. The molecule has 2 aromatic heterocycles. The highest BCUT2D eigenvalue weighted by molar-refractivity contribution is 5.89. The van der Waals surface area contributed by atoms with Gasteiger partial charge in [-0.05, 0) is 42.7 Å². The van der Waals surface area contributed by atoms with Crippen molar-refractivity contribution in [2.45, 2.75) is 45.4 Å². The molecule has 5 rings (SSSR count). The standard InChI is InChI=1S/C22H21N3O5/c1-3-12-13-7-11(30-23)5-6-17(13)24-19-14(12)9-25-18(19)8-16-15(20(25)26)10-29-21(27)22(16,28)4-2/h5-8,28H,3-4,9-10,23H2,1-2H3. The Morgan fingerprint density at radius 1 is 1.27 bits per heavy atom. The Labute approximate surface area is 171 Å². The summed E-state index contributed by atoms with van der Waals surface area (Å²) in [6, 6.07) is 7.14. The van der Waals surface area contributed by atoms with E-state index in [1.807, 2.05) is 19.1 Å². The maximum absolute atomic E-state index is 13.3. The fourth-order valence-electron chi connectivity index (χ4n) is 4.62. The molecular formula is C22H21N3O5. The summed E-state index contributed by atoms with van der Waals surface area (Å²) < 4.78 is 6.76. The first-order chi connectivity index (χ1) is 14.4. The van der Waals surface area contributed by atoms with Gasteiger partial charge >= 0.3 is 5.97 Å². The van der Waals surface area contributed by atoms with E-state index in [1.165, 1.54) is 0 Å². The number of fused-ring (bicyclic) bond motifs is 5. The first-order valence-corrected chi connectivity index (χ1v) is 9.92. The molecule has 0 amide bonds. The second-order valence-corrected chi connectivity index (χ2v) is 7.67. The van der Waals surface area contributed by atoms with Crippen LogP contribution in [0.25, 0.3) is 22.3 Å². The molecule has 30 heavy (non-hydrogen) atoms. The zero-order valence-corrected chi connectivity index (χ0v) is 16.7. The number of nitrogens with two attached hydrogens (primary N) is 1. The number of esters is 1. The van der Waals surface area contributed by atoms with Crippen LogP contribution in [0.3, 0.4) is 0 Å². The highest BCUT2D eigenvalue weighted by atomic mass is 16.6. The topological polar surface area (TPSA) is 117 Å². The van der Waals surface area contributed by atoms with Crippen molar-refractivity contribution in [3.63, 3.8) is 0 Å². The number of hydrogen-bond acceptors (Lipinski definition) is 7. The largest absolute Gasteiger partial charge is 0.458 e. The number of benzene rings is 1. The number of aryl methyl sites for hydroxylation is 1. The predicted molar refractivity (Wildman–Crippen MR) is 109 cm³/mol. The molecule has 0 aliphatic carbocycles. The lowest BCUT2D eigenvalue weighted by molar-refractivity contribution is -0.172. The Morgan fingerprint density at radius 3 is 2.77 bits per heavy atom. The maximum atomic E-state index is 13.3. The molecule has 1 unspecified atom stereocenters. The lowest BCUT2D eigenvalue weighted by atomic mass is 9.86. The molecule has 0 bridgehead atoms. The van der Waals surface area contributed by atoms with E-state index in [4.69, 9.17) is 20.5 Å². The lowest BCUT2D eigenvalue weighted by Crippen LogP contribution is -2.44. The van der Waals surface area contributed by atoms with Crippen molar-refractivity contribution in [3.8, 4) is 17.1 Å². The lowest BCUT2D eigenvalue weighted by Gasteiger charge is -2.31. The van der Waals surface area contributed by atoms with Crippen molar-refractivity contribution < 1.29 is 19.5 Å². The molecule has 8 heteroatoms. The van der Waals surface area contributed by atoms with E-state index >= 15 is 0 Å². The van der Waals surface area contributed by atoms with Crippen LogP contribution in [0.2, 0.25) is 0 Å². The van der Waals surface area contributed by atoms with Crippen molar-refractivity contribution in [3.05, 3.63) is 56.9 Å². The summed E-state index contributed by atoms with van der Waals surface area (Å²) in [7, 11) is 0. The van der Waals surface area contributed by atoms with Crippen LogP contribution in [0.15, 0.2) is 29.1 Å². The first-order valence-electron chi connectivity index (χ1n) is 9.92. The highest BCUT2D eigenvalue weighted by Gasteiger charge is 2.45. The number of carbonyl (C=O) groups is 1. The molecule has 154 valence electrons. The van der Waals surface area contributed by atoms with Gasteiger partial charge in [0.1, 0.15) is 12.4 Å². The summed E-state index contributed by atoms with van der Waals surface area (Å²) in [5, 5.41) is 11.9. The Hall–Kier alpha value is -3.23. The van der Waals surface area contributed by atoms with Gasteiger partial charge in [-0.25, -0.2) is 9.78 Å². The van der Waals surface area contributed by atoms with Crippen molar-refractivity contribution >= 4 is 16.9 Å². The molecule has 0 radical (unpaired) electrons. The second kappa shape index (κ2) is 6.38. The van der Waals surface area contributed by atoms with Crippen LogP contribution in [-0.4, -0.2) is 20.6 Å². The van der Waals surface area contributed by atoms with Gasteiger partial charge in [-0.3, -0.25) is 4.79 Å². The van der Waals surface area contributed by atoms with E-state index in [0.29, 0.717) is 34.8 Å². The van der Waals surface area contributed by atoms with E-state index in [1.54, 1.807) is 23.6 Å². The molecule has 4 heterocycles. The van der Waals surface area contributed by atoms with E-state index in [9.17, 15) is 14.7 Å². The fourth-order valence-corrected chi connectivity index (χ4v) is 4.62. The summed E-state index contributed by atoms with van der Waals surface area (Å²) in [6.07, 6.45) is 0.847. The van der Waals surface area contributed by atoms with Crippen molar-refractivity contribution in [1.82, 2.24) is 9.55 Å². The SMILES string of the molecule is CCc1c2c(nc3ccc(ON)cc13)-c1cc3c(c(=O)n1C2)COC(=O)C3(O)CC. The quantitative estimate of drug-likeness (QED) is 0.393. The summed E-state index contributed by atoms with van der Waals surface area (Å²) in [5.41, 5.74) is 2.60. The van der Waals surface area contributed by atoms with Gasteiger partial charge in [0.05, 0.1) is 29.0 Å². The van der Waals surface area contributed by atoms with Crippen molar-refractivity contribution in [2.75, 3.05) is 0 Å². The number of carbonyl (C=O) groups excluding carboxylic acids is 1. The van der Waals surface area contributed by atoms with Crippen molar-refractivity contribution in [1.29, 1.82) is 0 Å². The van der Waals surface area contributed by atoms with Crippen LogP contribution in [0.4, 0.5) is 0 Å². The van der Waals surface area contributed by atoms with Crippen LogP contribution >= 0.6 is 0 Å². The Balaban J connectivity index is 1.81. The maximum Gasteiger partial charge on any atom is 0.343 e. The molecule has 2 aliphatic heterocycles. The van der Waals surface area contributed by atoms with Crippen LogP contribution in [0.1, 0.15) is 42.5 Å². The second-order valence-electron chi connectivity index (χ2n) is 7.67. The number of aromatic nitrogens is 2. The molecule has 0 spiro atoms. The first kappa shape index (κ1) is 18.8. The molecule has 0 saturated carbocycles. The Morgan fingerprint density at radius 2 is 2.07 bits per heavy atom. The summed E-state index contributed by atoms with van der Waals surface area (Å²) in [4.78, 5) is 35.2. The zero-order valence-electron chi connectivity index (χ0n) is 16.7. The number of cyclic esters (lactones) is 1. The molecule has 0 saturated heterocycles. The molecule has 3 aromatic rings. The molecule has 3 N–H and O–H groups in total. The van der Waals surface area contributed by atoms with Gasteiger partial charge in [0.25, 0.3) is 5.56 Å². The zero-order chi connectivity index (χ0) is 21.2. The Bertz CT molecular complexity index is 1300.